The van der Waals surface area contributed by atoms with Gasteiger partial charge in [0.15, 0.2) is 11.8 Å². The molecule has 354 valence electrons. The Labute approximate surface area is 391 Å². The third-order valence-corrected chi connectivity index (χ3v) is 14.5. The molecule has 0 bridgehead atoms. The Morgan fingerprint density at radius 1 is 1.02 bits per heavy atom. The molecule has 5 aliphatic rings. The van der Waals surface area contributed by atoms with Crippen molar-refractivity contribution >= 4 is 50.6 Å². The number of para-hydroxylation sites is 2. The van der Waals surface area contributed by atoms with E-state index in [1.165, 1.54) is 23.4 Å². The fourth-order valence-electron chi connectivity index (χ4n) is 9.65. The average molecular weight is 950 g/mol. The number of benzene rings is 2. The summed E-state index contributed by atoms with van der Waals surface area (Å²) >= 11 is 7.24. The molecule has 1 saturated heterocycles. The van der Waals surface area contributed by atoms with E-state index in [1.807, 2.05) is 18.2 Å². The van der Waals surface area contributed by atoms with Crippen LogP contribution in [0.1, 0.15) is 96.6 Å². The number of aliphatic hydroxyl groups excluding tert-OH is 1. The lowest BCUT2D eigenvalue weighted by molar-refractivity contribution is -0.438. The summed E-state index contributed by atoms with van der Waals surface area (Å²) in [5.41, 5.74) is 14.0. The lowest BCUT2D eigenvalue weighted by Crippen LogP contribution is -2.47. The number of hydrogen-bond acceptors (Lipinski definition) is 10. The van der Waals surface area contributed by atoms with E-state index in [0.717, 1.165) is 69.5 Å². The Morgan fingerprint density at radius 2 is 1.74 bits per heavy atom. The molecule has 12 nitrogen and oxygen atoms in total. The van der Waals surface area contributed by atoms with E-state index in [-0.39, 0.29) is 34.7 Å². The number of amidine groups is 1. The predicted octanol–water partition coefficient (Wildman–Crippen LogP) is 9.05. The zero-order chi connectivity index (χ0) is 47.6. The minimum absolute atomic E-state index is 0.0637. The number of ether oxygens (including phenoxy) is 2. The van der Waals surface area contributed by atoms with Crippen molar-refractivity contribution in [3.8, 4) is 0 Å². The number of fused-ring (bicyclic) bond motifs is 2. The molecule has 1 fully saturated rings. The molecule has 0 aromatic heterocycles. The summed E-state index contributed by atoms with van der Waals surface area (Å²) in [5.74, 6) is -4.49. The number of nitrogens with zero attached hydrogens (tertiary/aromatic N) is 4. The molecule has 2 aromatic rings. The number of carbonyl (C=O) groups excluding carboxylic acids is 1. The highest BCUT2D eigenvalue weighted by Gasteiger charge is 2.61. The molecule has 0 spiro atoms. The van der Waals surface area contributed by atoms with Crippen LogP contribution in [0.4, 0.5) is 20.2 Å². The van der Waals surface area contributed by atoms with Gasteiger partial charge in [-0.1, -0.05) is 80.6 Å². The fourth-order valence-corrected chi connectivity index (χ4v) is 10.5. The van der Waals surface area contributed by atoms with Gasteiger partial charge in [-0.25, -0.2) is 4.99 Å². The van der Waals surface area contributed by atoms with Gasteiger partial charge in [0.25, 0.3) is 10.1 Å². The van der Waals surface area contributed by atoms with E-state index in [2.05, 4.69) is 103 Å². The monoisotopic (exact) mass is 948 g/mol. The first-order valence-electron chi connectivity index (χ1n) is 22.6. The van der Waals surface area contributed by atoms with Crippen LogP contribution in [0.15, 0.2) is 124 Å². The van der Waals surface area contributed by atoms with Crippen molar-refractivity contribution in [1.29, 1.82) is 0 Å². The van der Waals surface area contributed by atoms with E-state index >= 15 is 8.78 Å². The summed E-state index contributed by atoms with van der Waals surface area (Å²) in [4.78, 5) is 19.9. The molecule has 2 aromatic carbocycles. The van der Waals surface area contributed by atoms with E-state index < -0.39 is 47.1 Å². The number of rotatable bonds is 17. The highest BCUT2D eigenvalue weighted by Crippen LogP contribution is 2.48. The Balaban J connectivity index is 0.998. The molecule has 0 radical (unpaired) electrons. The number of hydrogen-bond donors (Lipinski definition) is 3. The summed E-state index contributed by atoms with van der Waals surface area (Å²) in [6.45, 7) is 13.3. The van der Waals surface area contributed by atoms with Crippen LogP contribution in [-0.4, -0.2) is 94.9 Å². The number of esters is 1. The molecule has 0 amide bonds. The fraction of sp³-hybridized carbons (Fsp3) is 0.460. The molecule has 7 rings (SSSR count). The Bertz CT molecular complexity index is 2560. The van der Waals surface area contributed by atoms with Crippen LogP contribution in [0.5, 0.6) is 0 Å². The SMILES string of the molecule is C=C1N=C(N)C=CN1C1OC(COC(=O)CCCCC[N+]2=C(C=CC3=C(Cl)C(=CC=C4N(CCCCS(=O)(=O)O)c5ccccc5C4(C)C)CCC3)C(C)(C)c3ccccc32)C(O)C1(F)F. The van der Waals surface area contributed by atoms with Crippen LogP contribution >= 0.6 is 11.6 Å². The molecule has 4 N–H and O–H groups in total. The molecular formula is C50H61ClF2N5O7S+. The zero-order valence-corrected chi connectivity index (χ0v) is 39.6. The van der Waals surface area contributed by atoms with Gasteiger partial charge in [-0.3, -0.25) is 9.35 Å². The number of aliphatic hydroxyl groups is 1. The third kappa shape index (κ3) is 10.3. The summed E-state index contributed by atoms with van der Waals surface area (Å²) < 4.78 is 75.3. The third-order valence-electron chi connectivity index (χ3n) is 13.2. The molecule has 4 aliphatic heterocycles. The number of anilines is 1. The van der Waals surface area contributed by atoms with Gasteiger partial charge in [-0.15, -0.1) is 0 Å². The number of carbonyl (C=O) groups is 1. The quantitative estimate of drug-likeness (QED) is 0.0605. The number of unbranched alkanes of at least 4 members (excludes halogenated alkanes) is 3. The minimum Gasteiger partial charge on any atom is -0.463 e. The molecular weight excluding hydrogens is 888 g/mol. The van der Waals surface area contributed by atoms with Crippen molar-refractivity contribution in [1.82, 2.24) is 4.90 Å². The number of alkyl halides is 2. The van der Waals surface area contributed by atoms with Gasteiger partial charge >= 0.3 is 11.9 Å². The number of nitrogens with two attached hydrogens (primary N) is 1. The Kier molecular flexibility index (Phi) is 14.6. The highest BCUT2D eigenvalue weighted by atomic mass is 35.5. The molecule has 3 atom stereocenters. The molecule has 16 heteroatoms. The molecule has 1 aliphatic carbocycles. The maximum Gasteiger partial charge on any atom is 0.320 e. The van der Waals surface area contributed by atoms with Gasteiger partial charge in [0.1, 0.15) is 30.9 Å². The van der Waals surface area contributed by atoms with Crippen LogP contribution in [0.3, 0.4) is 0 Å². The molecule has 66 heavy (non-hydrogen) atoms. The van der Waals surface area contributed by atoms with Crippen molar-refractivity contribution in [2.75, 3.05) is 30.3 Å². The maximum atomic E-state index is 15.0. The lowest BCUT2D eigenvalue weighted by Gasteiger charge is -2.31. The second-order valence-electron chi connectivity index (χ2n) is 18.6. The van der Waals surface area contributed by atoms with Crippen LogP contribution in [0, 0.1) is 0 Å². The van der Waals surface area contributed by atoms with Gasteiger partial charge in [0.2, 0.25) is 11.9 Å². The van der Waals surface area contributed by atoms with Crippen LogP contribution in [0.2, 0.25) is 0 Å². The lowest BCUT2D eigenvalue weighted by atomic mass is 9.81. The van der Waals surface area contributed by atoms with Gasteiger partial charge in [0.05, 0.1) is 11.2 Å². The normalized spacial score (nSPS) is 24.5. The molecule has 0 saturated carbocycles. The molecule has 4 heterocycles. The van der Waals surface area contributed by atoms with Gasteiger partial charge in [-0.2, -0.15) is 21.8 Å². The van der Waals surface area contributed by atoms with Gasteiger partial charge in [0, 0.05) is 65.1 Å². The average Bonchev–Trinajstić information content (AvgIpc) is 3.72. The summed E-state index contributed by atoms with van der Waals surface area (Å²) in [6.07, 6.45) is 11.3. The van der Waals surface area contributed by atoms with Crippen LogP contribution in [0.25, 0.3) is 0 Å². The van der Waals surface area contributed by atoms with Crippen LogP contribution < -0.4 is 10.6 Å². The van der Waals surface area contributed by atoms with Crippen molar-refractivity contribution in [2.45, 2.75) is 121 Å². The second kappa shape index (κ2) is 19.7. The van der Waals surface area contributed by atoms with Gasteiger partial charge in [-0.05, 0) is 93.7 Å². The van der Waals surface area contributed by atoms with E-state index in [1.54, 1.807) is 0 Å². The largest absolute Gasteiger partial charge is 0.463 e. The van der Waals surface area contributed by atoms with Crippen molar-refractivity contribution < 1.29 is 45.7 Å². The minimum atomic E-state index is -4.03. The van der Waals surface area contributed by atoms with E-state index in [4.69, 9.17) is 26.8 Å². The first-order valence-corrected chi connectivity index (χ1v) is 24.6. The van der Waals surface area contributed by atoms with E-state index in [0.29, 0.717) is 38.8 Å². The van der Waals surface area contributed by atoms with Crippen molar-refractivity contribution in [3.63, 3.8) is 0 Å². The highest BCUT2D eigenvalue weighted by molar-refractivity contribution is 7.85. The smallest absolute Gasteiger partial charge is 0.320 e. The standard InChI is InChI=1S/C50H60ClF2N5O7S/c1-33-55-43(54)27-30-56(33)47-50(52,53)46(60)40(65-47)32-64-44(59)22-7-6-12-28-57-38-20-10-8-18-36(38)48(2,3)41(57)25-23-34-16-15-17-35(45(34)51)24-26-42-49(4,5)37-19-9-11-21-39(37)58(42)29-13-14-31-66(61,62)63/h8-11,18-21,23-27,30,40,46-47,60H,1,6-7,12-17,22,28-29,31-32H2,2-5H3,(H2-,54,55,61,62,63)/p+1. The predicted molar refractivity (Wildman–Crippen MR) is 255 cm³/mol. The van der Waals surface area contributed by atoms with Crippen molar-refractivity contribution in [3.05, 3.63) is 131 Å². The maximum absolute atomic E-state index is 15.0. The van der Waals surface area contributed by atoms with Crippen LogP contribution in [-0.2, 0) is 35.2 Å². The first-order chi connectivity index (χ1) is 31.2. The Hall–Kier alpha value is -4.93. The summed E-state index contributed by atoms with van der Waals surface area (Å²) in [7, 11) is -4.03. The van der Waals surface area contributed by atoms with Crippen molar-refractivity contribution in [2.24, 2.45) is 10.7 Å². The second-order valence-corrected chi connectivity index (χ2v) is 20.5. The first kappa shape index (κ1) is 49.0. The number of allylic oxidation sites excluding steroid dienone is 8. The van der Waals surface area contributed by atoms with E-state index in [9.17, 15) is 22.9 Å². The van der Waals surface area contributed by atoms with Gasteiger partial charge < -0.3 is 30.1 Å². The number of aliphatic imine (C=N–C) groups is 1. The summed E-state index contributed by atoms with van der Waals surface area (Å²) in [5, 5.41) is 11.1. The zero-order valence-electron chi connectivity index (χ0n) is 38.1. The summed E-state index contributed by atoms with van der Waals surface area (Å²) in [6, 6.07) is 16.7. The number of halogens is 3. The molecule has 3 unspecified atom stereocenters. The topological polar surface area (TPSA) is 158 Å². The Morgan fingerprint density at radius 3 is 2.48 bits per heavy atom.